The summed E-state index contributed by atoms with van der Waals surface area (Å²) in [7, 11) is 0. The smallest absolute Gasteiger partial charge is 0.412 e. The van der Waals surface area contributed by atoms with Crippen molar-refractivity contribution < 1.29 is 23.5 Å². The summed E-state index contributed by atoms with van der Waals surface area (Å²) in [6, 6.07) is 2.89. The first-order valence-electron chi connectivity index (χ1n) is 8.92. The van der Waals surface area contributed by atoms with E-state index in [0.717, 1.165) is 6.08 Å². The van der Waals surface area contributed by atoms with Crippen LogP contribution in [0.2, 0.25) is 5.02 Å². The Morgan fingerprint density at radius 3 is 3.00 bits per heavy atom. The maximum Gasteiger partial charge on any atom is 0.412 e. The first-order valence-corrected chi connectivity index (χ1v) is 9.30. The highest BCUT2D eigenvalue weighted by atomic mass is 35.5. The van der Waals surface area contributed by atoms with Crippen LogP contribution in [0.4, 0.5) is 14.9 Å². The lowest BCUT2D eigenvalue weighted by Crippen LogP contribution is -2.56. The van der Waals surface area contributed by atoms with Gasteiger partial charge in [-0.1, -0.05) is 25.1 Å². The Balaban J connectivity index is 1.87. The lowest BCUT2D eigenvalue weighted by Gasteiger charge is -2.47. The number of amides is 3. The molecule has 2 unspecified atom stereocenters. The fourth-order valence-corrected chi connectivity index (χ4v) is 4.03. The molecule has 2 aliphatic rings. The third kappa shape index (κ3) is 3.82. The van der Waals surface area contributed by atoms with Crippen LogP contribution in [0.25, 0.3) is 0 Å². The molecule has 28 heavy (non-hydrogen) atoms. The molecule has 1 saturated heterocycles. The molecule has 1 spiro atoms. The Morgan fingerprint density at radius 2 is 2.29 bits per heavy atom. The lowest BCUT2D eigenvalue weighted by atomic mass is 9.79. The molecule has 1 fully saturated rings. The number of carbonyl (C=O) groups excluding carboxylic acids is 3. The number of halogens is 2. The van der Waals surface area contributed by atoms with Gasteiger partial charge in [0.05, 0.1) is 22.8 Å². The van der Waals surface area contributed by atoms with Crippen LogP contribution in [0.1, 0.15) is 25.3 Å². The van der Waals surface area contributed by atoms with E-state index in [0.29, 0.717) is 13.0 Å². The highest BCUT2D eigenvalue weighted by molar-refractivity contribution is 6.31. The minimum Gasteiger partial charge on any atom is -0.436 e. The van der Waals surface area contributed by atoms with E-state index in [4.69, 9.17) is 16.3 Å². The molecule has 1 aromatic carbocycles. The van der Waals surface area contributed by atoms with E-state index in [9.17, 15) is 18.8 Å². The van der Waals surface area contributed by atoms with Gasteiger partial charge < -0.3 is 15.0 Å². The third-order valence-electron chi connectivity index (χ3n) is 4.91. The molecule has 7 nitrogen and oxygen atoms in total. The topological polar surface area (TPSA) is 87.7 Å². The zero-order valence-electron chi connectivity index (χ0n) is 15.4. The van der Waals surface area contributed by atoms with E-state index in [1.54, 1.807) is 0 Å². The van der Waals surface area contributed by atoms with Gasteiger partial charge in [0.2, 0.25) is 11.8 Å². The van der Waals surface area contributed by atoms with E-state index in [1.165, 1.54) is 17.0 Å². The standard InChI is InChI=1S/C19H21ClFN3O4/c1-3-14(25)22-7-6-15(26)24-9-11(2)8-19(10-24)16-13(23-18(27)28-19)5-4-12(20)17(16)21/h3-5,11H,1,6-10H2,2H3,(H,22,25)(H,23,27). The van der Waals surface area contributed by atoms with Crippen molar-refractivity contribution in [3.63, 3.8) is 0 Å². The van der Waals surface area contributed by atoms with Crippen LogP contribution < -0.4 is 10.6 Å². The van der Waals surface area contributed by atoms with Gasteiger partial charge in [0.15, 0.2) is 11.4 Å². The second kappa shape index (κ2) is 7.79. The van der Waals surface area contributed by atoms with E-state index in [-0.39, 0.29) is 53.5 Å². The van der Waals surface area contributed by atoms with Crippen molar-refractivity contribution in [3.05, 3.63) is 41.2 Å². The molecule has 9 heteroatoms. The summed E-state index contributed by atoms with van der Waals surface area (Å²) in [6.07, 6.45) is 0.857. The molecule has 3 rings (SSSR count). The number of benzene rings is 1. The van der Waals surface area contributed by atoms with Gasteiger partial charge in [0.1, 0.15) is 0 Å². The number of hydrogen-bond acceptors (Lipinski definition) is 4. The minimum atomic E-state index is -1.32. The normalized spacial score (nSPS) is 23.5. The number of nitrogens with zero attached hydrogens (tertiary/aromatic N) is 1. The van der Waals surface area contributed by atoms with Crippen LogP contribution in [0, 0.1) is 11.7 Å². The predicted molar refractivity (Wildman–Crippen MR) is 101 cm³/mol. The summed E-state index contributed by atoms with van der Waals surface area (Å²) in [5.41, 5.74) is -0.869. The number of piperidine rings is 1. The second-order valence-corrected chi connectivity index (χ2v) is 7.53. The molecule has 0 aromatic heterocycles. The Bertz CT molecular complexity index is 847. The van der Waals surface area contributed by atoms with Gasteiger partial charge in [0.25, 0.3) is 0 Å². The van der Waals surface area contributed by atoms with Gasteiger partial charge in [-0.2, -0.15) is 0 Å². The van der Waals surface area contributed by atoms with Crippen LogP contribution >= 0.6 is 11.6 Å². The van der Waals surface area contributed by atoms with Crippen LogP contribution in [0.5, 0.6) is 0 Å². The van der Waals surface area contributed by atoms with Crippen LogP contribution in [0.15, 0.2) is 24.8 Å². The van der Waals surface area contributed by atoms with Crippen LogP contribution in [-0.2, 0) is 19.9 Å². The fourth-order valence-electron chi connectivity index (χ4n) is 3.87. The number of fused-ring (bicyclic) bond motifs is 2. The monoisotopic (exact) mass is 409 g/mol. The van der Waals surface area contributed by atoms with Crippen molar-refractivity contribution in [2.45, 2.75) is 25.4 Å². The van der Waals surface area contributed by atoms with Gasteiger partial charge in [0, 0.05) is 19.5 Å². The van der Waals surface area contributed by atoms with Crippen molar-refractivity contribution in [2.24, 2.45) is 5.92 Å². The third-order valence-corrected chi connectivity index (χ3v) is 5.20. The Kier molecular flexibility index (Phi) is 5.60. The van der Waals surface area contributed by atoms with Gasteiger partial charge in [-0.3, -0.25) is 14.9 Å². The summed E-state index contributed by atoms with van der Waals surface area (Å²) in [6.45, 7) is 5.86. The van der Waals surface area contributed by atoms with E-state index in [1.807, 2.05) is 6.92 Å². The Morgan fingerprint density at radius 1 is 1.54 bits per heavy atom. The van der Waals surface area contributed by atoms with Gasteiger partial charge >= 0.3 is 6.09 Å². The molecule has 0 saturated carbocycles. The van der Waals surface area contributed by atoms with Crippen LogP contribution in [-0.4, -0.2) is 42.4 Å². The Labute approximate surface area is 166 Å². The lowest BCUT2D eigenvalue weighted by molar-refractivity contribution is -0.141. The number of rotatable bonds is 4. The average Bonchev–Trinajstić information content (AvgIpc) is 2.63. The quantitative estimate of drug-likeness (QED) is 0.748. The fraction of sp³-hybridized carbons (Fsp3) is 0.421. The highest BCUT2D eigenvalue weighted by Gasteiger charge is 2.50. The van der Waals surface area contributed by atoms with Crippen molar-refractivity contribution in [1.29, 1.82) is 0 Å². The molecule has 2 aliphatic heterocycles. The number of nitrogens with one attached hydrogen (secondary N) is 2. The van der Waals surface area contributed by atoms with Gasteiger partial charge in [-0.05, 0) is 30.5 Å². The van der Waals surface area contributed by atoms with E-state index < -0.39 is 17.5 Å². The molecular formula is C19H21ClFN3O4. The van der Waals surface area contributed by atoms with Crippen molar-refractivity contribution in [3.8, 4) is 0 Å². The molecule has 2 N–H and O–H groups in total. The van der Waals surface area contributed by atoms with Gasteiger partial charge in [-0.15, -0.1) is 0 Å². The maximum absolute atomic E-state index is 14.9. The first kappa shape index (κ1) is 20.1. The molecule has 0 radical (unpaired) electrons. The molecule has 2 heterocycles. The largest absolute Gasteiger partial charge is 0.436 e. The maximum atomic E-state index is 14.9. The van der Waals surface area contributed by atoms with Crippen molar-refractivity contribution in [1.82, 2.24) is 10.2 Å². The highest BCUT2D eigenvalue weighted by Crippen LogP contribution is 2.46. The summed E-state index contributed by atoms with van der Waals surface area (Å²) in [4.78, 5) is 37.5. The Hall–Kier alpha value is -2.61. The number of hydrogen-bond donors (Lipinski definition) is 2. The molecule has 150 valence electrons. The van der Waals surface area contributed by atoms with Crippen molar-refractivity contribution >= 4 is 35.2 Å². The molecular weight excluding hydrogens is 389 g/mol. The SMILES string of the molecule is C=CC(=O)NCCC(=O)N1CC(C)CC2(C1)OC(=O)Nc1ccc(Cl)c(F)c12. The first-order chi connectivity index (χ1) is 13.3. The summed E-state index contributed by atoms with van der Waals surface area (Å²) in [5, 5.41) is 4.96. The molecule has 3 amide bonds. The van der Waals surface area contributed by atoms with Crippen LogP contribution in [0.3, 0.4) is 0 Å². The zero-order chi connectivity index (χ0) is 20.5. The summed E-state index contributed by atoms with van der Waals surface area (Å²) >= 11 is 5.96. The number of anilines is 1. The van der Waals surface area contributed by atoms with Crippen molar-refractivity contribution in [2.75, 3.05) is 25.0 Å². The summed E-state index contributed by atoms with van der Waals surface area (Å²) < 4.78 is 20.5. The average molecular weight is 410 g/mol. The predicted octanol–water partition coefficient (Wildman–Crippen LogP) is 2.80. The number of likely N-dealkylation sites (tertiary alicyclic amines) is 1. The number of ether oxygens (including phenoxy) is 1. The minimum absolute atomic E-state index is 0.0171. The second-order valence-electron chi connectivity index (χ2n) is 7.12. The number of carbonyl (C=O) groups is 3. The molecule has 1 aromatic rings. The molecule has 0 aliphatic carbocycles. The zero-order valence-corrected chi connectivity index (χ0v) is 16.1. The van der Waals surface area contributed by atoms with E-state index in [2.05, 4.69) is 17.2 Å². The molecule has 0 bridgehead atoms. The van der Waals surface area contributed by atoms with Gasteiger partial charge in [-0.25, -0.2) is 9.18 Å². The molecule has 2 atom stereocenters. The van der Waals surface area contributed by atoms with E-state index >= 15 is 0 Å². The summed E-state index contributed by atoms with van der Waals surface area (Å²) in [5.74, 6) is -1.31.